The topological polar surface area (TPSA) is 79.5 Å². The summed E-state index contributed by atoms with van der Waals surface area (Å²) in [7, 11) is 1.33. The van der Waals surface area contributed by atoms with E-state index < -0.39 is 0 Å². The molecule has 0 atom stereocenters. The van der Waals surface area contributed by atoms with Gasteiger partial charge in [0.25, 0.3) is 0 Å². The quantitative estimate of drug-likeness (QED) is 0.646. The standard InChI is InChI=1S/C18H27N3O3.ClH/c1-24-17(22)10-13-20-18(23)21-16-6-4-14(5-7-16)2-3-15-8-11-19-12-9-15;/h4-7,15,19H,2-3,8-13H2,1H3,(H2,20,21,23);1H. The molecule has 1 fully saturated rings. The van der Waals surface area contributed by atoms with Crippen molar-refractivity contribution in [2.24, 2.45) is 5.92 Å². The Morgan fingerprint density at radius 3 is 2.52 bits per heavy atom. The first kappa shape index (κ1) is 21.3. The number of amides is 2. The zero-order valence-corrected chi connectivity index (χ0v) is 15.5. The summed E-state index contributed by atoms with van der Waals surface area (Å²) in [4.78, 5) is 22.7. The predicted octanol–water partition coefficient (Wildman–Crippen LogP) is 2.73. The number of nitrogens with one attached hydrogen (secondary N) is 3. The third kappa shape index (κ3) is 8.23. The molecule has 0 radical (unpaired) electrons. The van der Waals surface area contributed by atoms with E-state index in [1.807, 2.05) is 12.1 Å². The fourth-order valence-electron chi connectivity index (χ4n) is 2.85. The third-order valence-corrected chi connectivity index (χ3v) is 4.35. The smallest absolute Gasteiger partial charge is 0.319 e. The number of esters is 1. The van der Waals surface area contributed by atoms with E-state index in [2.05, 4.69) is 32.8 Å². The summed E-state index contributed by atoms with van der Waals surface area (Å²) in [5.41, 5.74) is 2.04. The van der Waals surface area contributed by atoms with Gasteiger partial charge in [0.1, 0.15) is 0 Å². The van der Waals surface area contributed by atoms with Gasteiger partial charge >= 0.3 is 12.0 Å². The molecular weight excluding hydrogens is 342 g/mol. The monoisotopic (exact) mass is 369 g/mol. The Kier molecular flexibility index (Phi) is 9.96. The van der Waals surface area contributed by atoms with Crippen LogP contribution in [-0.4, -0.2) is 38.7 Å². The molecule has 6 nitrogen and oxygen atoms in total. The van der Waals surface area contributed by atoms with Crippen LogP contribution in [0.15, 0.2) is 24.3 Å². The van der Waals surface area contributed by atoms with Gasteiger partial charge in [0.05, 0.1) is 13.5 Å². The highest BCUT2D eigenvalue weighted by Gasteiger charge is 2.12. The van der Waals surface area contributed by atoms with Gasteiger partial charge in [-0.15, -0.1) is 12.4 Å². The molecule has 0 saturated carbocycles. The summed E-state index contributed by atoms with van der Waals surface area (Å²) in [6, 6.07) is 7.63. The number of carbonyl (C=O) groups is 2. The number of benzene rings is 1. The van der Waals surface area contributed by atoms with Crippen LogP contribution in [-0.2, 0) is 16.0 Å². The lowest BCUT2D eigenvalue weighted by molar-refractivity contribution is -0.140. The normalized spacial score (nSPS) is 14.3. The number of methoxy groups -OCH3 is 1. The van der Waals surface area contributed by atoms with Gasteiger partial charge in [-0.05, 0) is 62.4 Å². The van der Waals surface area contributed by atoms with E-state index >= 15 is 0 Å². The van der Waals surface area contributed by atoms with E-state index in [1.165, 1.54) is 31.9 Å². The van der Waals surface area contributed by atoms with Crippen molar-refractivity contribution in [3.05, 3.63) is 29.8 Å². The molecule has 1 aliphatic heterocycles. The molecule has 1 saturated heterocycles. The molecule has 0 aromatic heterocycles. The number of carbonyl (C=O) groups excluding carboxylic acids is 2. The molecule has 0 bridgehead atoms. The van der Waals surface area contributed by atoms with E-state index in [1.54, 1.807) is 0 Å². The second kappa shape index (κ2) is 11.7. The predicted molar refractivity (Wildman–Crippen MR) is 101 cm³/mol. The maximum Gasteiger partial charge on any atom is 0.319 e. The highest BCUT2D eigenvalue weighted by Crippen LogP contribution is 2.19. The average Bonchev–Trinajstić information content (AvgIpc) is 2.62. The fourth-order valence-corrected chi connectivity index (χ4v) is 2.85. The van der Waals surface area contributed by atoms with Gasteiger partial charge < -0.3 is 20.7 Å². The molecule has 0 unspecified atom stereocenters. The Labute approximate surface area is 155 Å². The largest absolute Gasteiger partial charge is 0.469 e. The lowest BCUT2D eigenvalue weighted by atomic mass is 9.91. The van der Waals surface area contributed by atoms with Crippen molar-refractivity contribution < 1.29 is 14.3 Å². The summed E-state index contributed by atoms with van der Waals surface area (Å²) >= 11 is 0. The second-order valence-electron chi connectivity index (χ2n) is 6.14. The van der Waals surface area contributed by atoms with Crippen LogP contribution in [0.1, 0.15) is 31.2 Å². The molecule has 0 spiro atoms. The summed E-state index contributed by atoms with van der Waals surface area (Å²) in [5.74, 6) is 0.484. The molecule has 3 N–H and O–H groups in total. The number of anilines is 1. The lowest BCUT2D eigenvalue weighted by Crippen LogP contribution is -2.30. The van der Waals surface area contributed by atoms with Gasteiger partial charge in [-0.25, -0.2) is 4.79 Å². The summed E-state index contributed by atoms with van der Waals surface area (Å²) < 4.78 is 4.52. The maximum atomic E-state index is 11.7. The Balaban J connectivity index is 0.00000312. The number of ether oxygens (including phenoxy) is 1. The van der Waals surface area contributed by atoms with Crippen LogP contribution in [0.5, 0.6) is 0 Å². The Bertz CT molecular complexity index is 531. The van der Waals surface area contributed by atoms with Crippen molar-refractivity contribution in [1.82, 2.24) is 10.6 Å². The zero-order valence-electron chi connectivity index (χ0n) is 14.7. The summed E-state index contributed by atoms with van der Waals surface area (Å²) in [6.07, 6.45) is 5.01. The third-order valence-electron chi connectivity index (χ3n) is 4.35. The summed E-state index contributed by atoms with van der Waals surface area (Å²) in [6.45, 7) is 2.53. The summed E-state index contributed by atoms with van der Waals surface area (Å²) in [5, 5.41) is 8.77. The molecule has 25 heavy (non-hydrogen) atoms. The second-order valence-corrected chi connectivity index (χ2v) is 6.14. The minimum Gasteiger partial charge on any atom is -0.469 e. The van der Waals surface area contributed by atoms with Crippen molar-refractivity contribution in [2.75, 3.05) is 32.1 Å². The van der Waals surface area contributed by atoms with E-state index in [9.17, 15) is 9.59 Å². The number of hydrogen-bond donors (Lipinski definition) is 3. The fraction of sp³-hybridized carbons (Fsp3) is 0.556. The number of rotatable bonds is 7. The van der Waals surface area contributed by atoms with Gasteiger partial charge in [-0.3, -0.25) is 4.79 Å². The van der Waals surface area contributed by atoms with Gasteiger partial charge in [-0.2, -0.15) is 0 Å². The number of hydrogen-bond acceptors (Lipinski definition) is 4. The number of urea groups is 1. The van der Waals surface area contributed by atoms with Crippen molar-refractivity contribution in [1.29, 1.82) is 0 Å². The molecule has 140 valence electrons. The molecule has 1 aromatic rings. The number of piperidine rings is 1. The SMILES string of the molecule is COC(=O)CCNC(=O)Nc1ccc(CCC2CCNCC2)cc1.Cl. The molecule has 2 amide bonds. The van der Waals surface area contributed by atoms with Crippen LogP contribution < -0.4 is 16.0 Å². The first-order valence-electron chi connectivity index (χ1n) is 8.58. The van der Waals surface area contributed by atoms with Gasteiger partial charge in [-0.1, -0.05) is 12.1 Å². The van der Waals surface area contributed by atoms with Crippen molar-refractivity contribution >= 4 is 30.1 Å². The van der Waals surface area contributed by atoms with Gasteiger partial charge in [0, 0.05) is 12.2 Å². The Morgan fingerprint density at radius 1 is 1.20 bits per heavy atom. The van der Waals surface area contributed by atoms with Crippen LogP contribution in [0.2, 0.25) is 0 Å². The van der Waals surface area contributed by atoms with Crippen molar-refractivity contribution in [2.45, 2.75) is 32.1 Å². The van der Waals surface area contributed by atoms with Crippen molar-refractivity contribution in [3.8, 4) is 0 Å². The highest BCUT2D eigenvalue weighted by atomic mass is 35.5. The first-order valence-corrected chi connectivity index (χ1v) is 8.58. The van der Waals surface area contributed by atoms with Crippen LogP contribution in [0.3, 0.4) is 0 Å². The van der Waals surface area contributed by atoms with E-state index in [4.69, 9.17) is 0 Å². The Morgan fingerprint density at radius 2 is 1.88 bits per heavy atom. The van der Waals surface area contributed by atoms with Gasteiger partial charge in [0.15, 0.2) is 0 Å². The molecule has 2 rings (SSSR count). The number of aryl methyl sites for hydroxylation is 1. The van der Waals surface area contributed by atoms with Gasteiger partial charge in [0.2, 0.25) is 0 Å². The molecule has 1 aliphatic rings. The van der Waals surface area contributed by atoms with E-state index in [0.29, 0.717) is 0 Å². The van der Waals surface area contributed by atoms with E-state index in [0.717, 1.165) is 31.1 Å². The minimum atomic E-state index is -0.339. The van der Waals surface area contributed by atoms with Crippen LogP contribution in [0.4, 0.5) is 10.5 Å². The molecule has 1 heterocycles. The number of halogens is 1. The van der Waals surface area contributed by atoms with E-state index in [-0.39, 0.29) is 37.4 Å². The maximum absolute atomic E-state index is 11.7. The molecular formula is C18H28ClN3O3. The molecule has 7 heteroatoms. The average molecular weight is 370 g/mol. The van der Waals surface area contributed by atoms with Crippen LogP contribution in [0, 0.1) is 5.92 Å². The van der Waals surface area contributed by atoms with Crippen LogP contribution in [0.25, 0.3) is 0 Å². The lowest BCUT2D eigenvalue weighted by Gasteiger charge is -2.22. The first-order chi connectivity index (χ1) is 11.7. The Hall–Kier alpha value is -1.79. The zero-order chi connectivity index (χ0) is 17.2. The van der Waals surface area contributed by atoms with Crippen molar-refractivity contribution in [3.63, 3.8) is 0 Å². The molecule has 1 aromatic carbocycles. The molecule has 0 aliphatic carbocycles. The minimum absolute atomic E-state index is 0. The highest BCUT2D eigenvalue weighted by molar-refractivity contribution is 5.89. The van der Waals surface area contributed by atoms with Crippen LogP contribution >= 0.6 is 12.4 Å².